The maximum Gasteiger partial charge on any atom is 0.405 e. The fourth-order valence-electron chi connectivity index (χ4n) is 2.48. The summed E-state index contributed by atoms with van der Waals surface area (Å²) < 4.78 is 0. The van der Waals surface area contributed by atoms with Gasteiger partial charge in [0.15, 0.2) is 0 Å². The van der Waals surface area contributed by atoms with Crippen LogP contribution in [0.25, 0.3) is 11.3 Å². The summed E-state index contributed by atoms with van der Waals surface area (Å²) in [5, 5.41) is 11.5. The standard InChI is InChI=1S/C14H15N3O2/c18-13(19)17-14(7-4-8-14)12-15-9-11(16-12)10-5-2-1-3-6-10/h1-3,5-6,9,17H,4,7-8H2,(H,15,16)(H,18,19). The lowest BCUT2D eigenvalue weighted by atomic mass is 9.76. The topological polar surface area (TPSA) is 78.0 Å². The first-order valence-electron chi connectivity index (χ1n) is 6.32. The van der Waals surface area contributed by atoms with E-state index in [1.54, 1.807) is 6.20 Å². The van der Waals surface area contributed by atoms with E-state index < -0.39 is 11.6 Å². The molecule has 3 rings (SSSR count). The molecule has 0 spiro atoms. The number of rotatable bonds is 3. The smallest absolute Gasteiger partial charge is 0.405 e. The second-order valence-corrected chi connectivity index (χ2v) is 4.88. The molecule has 2 aromatic rings. The van der Waals surface area contributed by atoms with E-state index in [1.165, 1.54) is 0 Å². The van der Waals surface area contributed by atoms with Crippen molar-refractivity contribution in [3.05, 3.63) is 42.4 Å². The van der Waals surface area contributed by atoms with Crippen molar-refractivity contribution in [1.82, 2.24) is 15.3 Å². The molecular weight excluding hydrogens is 242 g/mol. The van der Waals surface area contributed by atoms with Gasteiger partial charge in [0.05, 0.1) is 11.9 Å². The predicted molar refractivity (Wildman–Crippen MR) is 70.7 cm³/mol. The second-order valence-electron chi connectivity index (χ2n) is 4.88. The Morgan fingerprint density at radius 2 is 2.05 bits per heavy atom. The third-order valence-corrected chi connectivity index (χ3v) is 3.67. The van der Waals surface area contributed by atoms with Gasteiger partial charge in [0.1, 0.15) is 11.4 Å². The number of hydrogen-bond donors (Lipinski definition) is 3. The van der Waals surface area contributed by atoms with Crippen molar-refractivity contribution in [2.75, 3.05) is 0 Å². The molecule has 0 radical (unpaired) electrons. The number of benzene rings is 1. The van der Waals surface area contributed by atoms with Crippen LogP contribution in [0.5, 0.6) is 0 Å². The van der Waals surface area contributed by atoms with Crippen molar-refractivity contribution >= 4 is 6.09 Å². The quantitative estimate of drug-likeness (QED) is 0.791. The van der Waals surface area contributed by atoms with E-state index in [-0.39, 0.29) is 0 Å². The number of imidazole rings is 1. The number of H-pyrrole nitrogens is 1. The molecule has 0 aliphatic heterocycles. The Kier molecular flexibility index (Phi) is 2.74. The van der Waals surface area contributed by atoms with Crippen molar-refractivity contribution < 1.29 is 9.90 Å². The average Bonchev–Trinajstić information content (AvgIpc) is 2.84. The second kappa shape index (κ2) is 4.42. The molecular formula is C14H15N3O2. The van der Waals surface area contributed by atoms with Crippen LogP contribution in [0.2, 0.25) is 0 Å². The number of hydrogen-bond acceptors (Lipinski definition) is 2. The summed E-state index contributed by atoms with van der Waals surface area (Å²) in [6.07, 6.45) is 3.36. The van der Waals surface area contributed by atoms with Gasteiger partial charge in [0, 0.05) is 0 Å². The number of aromatic nitrogens is 2. The summed E-state index contributed by atoms with van der Waals surface area (Å²) in [5.41, 5.74) is 1.43. The Balaban J connectivity index is 1.90. The monoisotopic (exact) mass is 257 g/mol. The Labute approximate surface area is 110 Å². The van der Waals surface area contributed by atoms with Crippen LogP contribution in [0, 0.1) is 0 Å². The molecule has 1 aromatic heterocycles. The minimum atomic E-state index is -1.00. The molecule has 19 heavy (non-hydrogen) atoms. The molecule has 5 nitrogen and oxygen atoms in total. The molecule has 1 aliphatic carbocycles. The molecule has 1 heterocycles. The van der Waals surface area contributed by atoms with Gasteiger partial charge in [-0.1, -0.05) is 30.3 Å². The van der Waals surface area contributed by atoms with Crippen molar-refractivity contribution in [3.63, 3.8) is 0 Å². The van der Waals surface area contributed by atoms with E-state index in [2.05, 4.69) is 15.3 Å². The van der Waals surface area contributed by atoms with Gasteiger partial charge in [0.25, 0.3) is 0 Å². The molecule has 1 saturated carbocycles. The van der Waals surface area contributed by atoms with Gasteiger partial charge in [-0.3, -0.25) is 0 Å². The molecule has 0 atom stereocenters. The van der Waals surface area contributed by atoms with E-state index >= 15 is 0 Å². The zero-order valence-corrected chi connectivity index (χ0v) is 10.4. The highest BCUT2D eigenvalue weighted by Gasteiger charge is 2.42. The molecule has 1 aromatic carbocycles. The largest absolute Gasteiger partial charge is 0.465 e. The predicted octanol–water partition coefficient (Wildman–Crippen LogP) is 2.72. The Hall–Kier alpha value is -2.30. The fourth-order valence-corrected chi connectivity index (χ4v) is 2.48. The fraction of sp³-hybridized carbons (Fsp3) is 0.286. The highest BCUT2D eigenvalue weighted by atomic mass is 16.4. The lowest BCUT2D eigenvalue weighted by Crippen LogP contribution is -2.51. The Bertz CT molecular complexity index is 588. The first-order chi connectivity index (χ1) is 9.20. The van der Waals surface area contributed by atoms with Gasteiger partial charge < -0.3 is 15.4 Å². The summed E-state index contributed by atoms with van der Waals surface area (Å²) >= 11 is 0. The van der Waals surface area contributed by atoms with Crippen molar-refractivity contribution in [2.24, 2.45) is 0 Å². The third-order valence-electron chi connectivity index (χ3n) is 3.67. The maximum absolute atomic E-state index is 10.9. The number of nitrogens with zero attached hydrogens (tertiary/aromatic N) is 1. The van der Waals surface area contributed by atoms with Crippen molar-refractivity contribution in [3.8, 4) is 11.3 Å². The first kappa shape index (κ1) is 11.8. The van der Waals surface area contributed by atoms with Crippen LogP contribution < -0.4 is 5.32 Å². The van der Waals surface area contributed by atoms with Crippen LogP contribution in [0.3, 0.4) is 0 Å². The van der Waals surface area contributed by atoms with Gasteiger partial charge in [-0.05, 0) is 24.8 Å². The molecule has 1 fully saturated rings. The van der Waals surface area contributed by atoms with Crippen molar-refractivity contribution in [2.45, 2.75) is 24.8 Å². The van der Waals surface area contributed by atoms with Gasteiger partial charge in [-0.25, -0.2) is 9.78 Å². The van der Waals surface area contributed by atoms with Crippen LogP contribution in [0.1, 0.15) is 25.1 Å². The summed E-state index contributed by atoms with van der Waals surface area (Å²) in [6.45, 7) is 0. The lowest BCUT2D eigenvalue weighted by molar-refractivity contribution is 0.139. The lowest BCUT2D eigenvalue weighted by Gasteiger charge is -2.39. The average molecular weight is 257 g/mol. The molecule has 3 N–H and O–H groups in total. The minimum Gasteiger partial charge on any atom is -0.465 e. The van der Waals surface area contributed by atoms with Gasteiger partial charge in [0.2, 0.25) is 0 Å². The highest BCUT2D eigenvalue weighted by Crippen LogP contribution is 2.40. The molecule has 0 unspecified atom stereocenters. The summed E-state index contributed by atoms with van der Waals surface area (Å²) in [6, 6.07) is 9.87. The van der Waals surface area contributed by atoms with Crippen LogP contribution in [0.4, 0.5) is 4.79 Å². The van der Waals surface area contributed by atoms with Gasteiger partial charge >= 0.3 is 6.09 Å². The van der Waals surface area contributed by atoms with Gasteiger partial charge in [-0.15, -0.1) is 0 Å². The van der Waals surface area contributed by atoms with E-state index in [1.807, 2.05) is 30.3 Å². The zero-order valence-electron chi connectivity index (χ0n) is 10.4. The van der Waals surface area contributed by atoms with Crippen molar-refractivity contribution in [1.29, 1.82) is 0 Å². The minimum absolute atomic E-state index is 0.529. The SMILES string of the molecule is O=C(O)NC1(c2ncc(-c3ccccc3)[nH]2)CCC1. The van der Waals surface area contributed by atoms with Crippen LogP contribution in [-0.4, -0.2) is 21.2 Å². The molecule has 1 amide bonds. The normalized spacial score (nSPS) is 16.6. The molecule has 98 valence electrons. The Morgan fingerprint density at radius 3 is 2.63 bits per heavy atom. The van der Waals surface area contributed by atoms with Gasteiger partial charge in [-0.2, -0.15) is 0 Å². The number of amides is 1. The first-order valence-corrected chi connectivity index (χ1v) is 6.32. The van der Waals surface area contributed by atoms with E-state index in [0.29, 0.717) is 5.82 Å². The van der Waals surface area contributed by atoms with Crippen LogP contribution in [-0.2, 0) is 5.54 Å². The van der Waals surface area contributed by atoms with E-state index in [9.17, 15) is 4.79 Å². The molecule has 0 saturated heterocycles. The molecule has 1 aliphatic rings. The summed E-state index contributed by atoms with van der Waals surface area (Å²) in [4.78, 5) is 18.5. The number of carbonyl (C=O) groups is 1. The maximum atomic E-state index is 10.9. The number of nitrogens with one attached hydrogen (secondary N) is 2. The van der Waals surface area contributed by atoms with E-state index in [0.717, 1.165) is 30.5 Å². The molecule has 5 heteroatoms. The molecule has 0 bridgehead atoms. The number of carboxylic acid groups (broad SMARTS) is 1. The van der Waals surface area contributed by atoms with Crippen LogP contribution >= 0.6 is 0 Å². The summed E-state index contributed by atoms with van der Waals surface area (Å²) in [5.74, 6) is 0.708. The number of aromatic amines is 1. The van der Waals surface area contributed by atoms with Crippen LogP contribution in [0.15, 0.2) is 36.5 Å². The Morgan fingerprint density at radius 1 is 1.32 bits per heavy atom. The van der Waals surface area contributed by atoms with E-state index in [4.69, 9.17) is 5.11 Å². The highest BCUT2D eigenvalue weighted by molar-refractivity contribution is 5.66. The third kappa shape index (κ3) is 2.07. The summed E-state index contributed by atoms with van der Waals surface area (Å²) in [7, 11) is 0. The zero-order chi connectivity index (χ0) is 13.3.